The summed E-state index contributed by atoms with van der Waals surface area (Å²) in [5.74, 6) is 0. The molecular formula is C16H35O4P. The molecule has 5 heteroatoms. The van der Waals surface area contributed by atoms with E-state index in [1.165, 1.54) is 12.8 Å². The highest BCUT2D eigenvalue weighted by molar-refractivity contribution is 7.48. The SMILES string of the molecule is CCCCCCOP(=O)(OCCCCC)OCCCCC. The van der Waals surface area contributed by atoms with Crippen molar-refractivity contribution in [2.75, 3.05) is 19.8 Å². The lowest BCUT2D eigenvalue weighted by Gasteiger charge is -2.18. The van der Waals surface area contributed by atoms with Gasteiger partial charge in [-0.15, -0.1) is 0 Å². The molecule has 0 fully saturated rings. The van der Waals surface area contributed by atoms with Crippen molar-refractivity contribution in [2.24, 2.45) is 0 Å². The van der Waals surface area contributed by atoms with Gasteiger partial charge in [-0.3, -0.25) is 13.6 Å². The predicted octanol–water partition coefficient (Wildman–Crippen LogP) is 6.11. The van der Waals surface area contributed by atoms with Crippen molar-refractivity contribution in [1.29, 1.82) is 0 Å². The quantitative estimate of drug-likeness (QED) is 0.254. The van der Waals surface area contributed by atoms with E-state index < -0.39 is 7.82 Å². The van der Waals surface area contributed by atoms with Gasteiger partial charge >= 0.3 is 7.82 Å². The highest BCUT2D eigenvalue weighted by Gasteiger charge is 2.25. The lowest BCUT2D eigenvalue weighted by Crippen LogP contribution is -2.04. The molecule has 0 saturated carbocycles. The smallest absolute Gasteiger partial charge is 0.287 e. The molecule has 0 aromatic rings. The van der Waals surface area contributed by atoms with E-state index >= 15 is 0 Å². The molecule has 0 aromatic heterocycles. The summed E-state index contributed by atoms with van der Waals surface area (Å²) in [7, 11) is -3.35. The summed E-state index contributed by atoms with van der Waals surface area (Å²) < 4.78 is 28.8. The fourth-order valence-corrected chi connectivity index (χ4v) is 3.16. The Hall–Kier alpha value is 0.110. The Morgan fingerprint density at radius 2 is 0.905 bits per heavy atom. The van der Waals surface area contributed by atoms with Gasteiger partial charge in [-0.25, -0.2) is 4.57 Å². The summed E-state index contributed by atoms with van der Waals surface area (Å²) in [5.41, 5.74) is 0. The second kappa shape index (κ2) is 15.0. The first-order valence-electron chi connectivity index (χ1n) is 8.72. The summed E-state index contributed by atoms with van der Waals surface area (Å²) in [6.45, 7) is 7.79. The summed E-state index contributed by atoms with van der Waals surface area (Å²) >= 11 is 0. The molecule has 0 heterocycles. The van der Waals surface area contributed by atoms with Crippen LogP contribution in [0.5, 0.6) is 0 Å². The van der Waals surface area contributed by atoms with E-state index in [0.717, 1.165) is 51.4 Å². The molecule has 0 bridgehead atoms. The number of hydrogen-bond acceptors (Lipinski definition) is 4. The van der Waals surface area contributed by atoms with Crippen molar-refractivity contribution in [3.8, 4) is 0 Å². The number of hydrogen-bond donors (Lipinski definition) is 0. The fourth-order valence-electron chi connectivity index (χ4n) is 1.87. The van der Waals surface area contributed by atoms with Crippen molar-refractivity contribution < 1.29 is 18.1 Å². The zero-order valence-corrected chi connectivity index (χ0v) is 15.2. The van der Waals surface area contributed by atoms with Crippen LogP contribution in [0.2, 0.25) is 0 Å². The topological polar surface area (TPSA) is 44.8 Å². The van der Waals surface area contributed by atoms with Gasteiger partial charge in [-0.1, -0.05) is 65.7 Å². The van der Waals surface area contributed by atoms with E-state index in [4.69, 9.17) is 13.6 Å². The van der Waals surface area contributed by atoms with Crippen molar-refractivity contribution >= 4 is 7.82 Å². The largest absolute Gasteiger partial charge is 0.474 e. The van der Waals surface area contributed by atoms with Crippen molar-refractivity contribution in [3.05, 3.63) is 0 Å². The second-order valence-electron chi connectivity index (χ2n) is 5.42. The maximum Gasteiger partial charge on any atom is 0.474 e. The molecule has 0 unspecified atom stereocenters. The van der Waals surface area contributed by atoms with Gasteiger partial charge in [-0.05, 0) is 19.3 Å². The minimum absolute atomic E-state index is 0.452. The Morgan fingerprint density at radius 1 is 0.571 bits per heavy atom. The Bertz CT molecular complexity index is 243. The third-order valence-electron chi connectivity index (χ3n) is 3.24. The van der Waals surface area contributed by atoms with Crippen LogP contribution in [0.3, 0.4) is 0 Å². The predicted molar refractivity (Wildman–Crippen MR) is 88.7 cm³/mol. The number of phosphoric acid groups is 1. The molecule has 0 radical (unpaired) electrons. The first-order valence-corrected chi connectivity index (χ1v) is 10.2. The molecule has 0 spiro atoms. The van der Waals surface area contributed by atoms with Crippen molar-refractivity contribution in [1.82, 2.24) is 0 Å². The van der Waals surface area contributed by atoms with Gasteiger partial charge < -0.3 is 0 Å². The highest BCUT2D eigenvalue weighted by Crippen LogP contribution is 2.49. The van der Waals surface area contributed by atoms with E-state index in [9.17, 15) is 4.57 Å². The average molecular weight is 322 g/mol. The molecule has 0 aliphatic carbocycles. The normalized spacial score (nSPS) is 12.0. The minimum Gasteiger partial charge on any atom is -0.287 e. The van der Waals surface area contributed by atoms with Crippen molar-refractivity contribution in [3.63, 3.8) is 0 Å². The molecule has 128 valence electrons. The third-order valence-corrected chi connectivity index (χ3v) is 4.74. The number of phosphoric ester groups is 1. The van der Waals surface area contributed by atoms with E-state index in [1.807, 2.05) is 0 Å². The van der Waals surface area contributed by atoms with Crippen LogP contribution in [0.15, 0.2) is 0 Å². The maximum atomic E-state index is 12.5. The average Bonchev–Trinajstić information content (AvgIpc) is 2.48. The van der Waals surface area contributed by atoms with E-state index in [-0.39, 0.29) is 0 Å². The number of unbranched alkanes of at least 4 members (excludes halogenated alkanes) is 7. The Kier molecular flexibility index (Phi) is 15.1. The lowest BCUT2D eigenvalue weighted by molar-refractivity contribution is 0.109. The van der Waals surface area contributed by atoms with Gasteiger partial charge in [0.25, 0.3) is 0 Å². The molecule has 0 aromatic carbocycles. The lowest BCUT2D eigenvalue weighted by atomic mass is 10.2. The Morgan fingerprint density at radius 3 is 1.29 bits per heavy atom. The zero-order chi connectivity index (χ0) is 15.8. The Balaban J connectivity index is 4.02. The fraction of sp³-hybridized carbons (Fsp3) is 1.00. The van der Waals surface area contributed by atoms with Crippen LogP contribution < -0.4 is 0 Å². The molecule has 0 atom stereocenters. The molecular weight excluding hydrogens is 287 g/mol. The second-order valence-corrected chi connectivity index (χ2v) is 7.09. The van der Waals surface area contributed by atoms with Gasteiger partial charge in [0.2, 0.25) is 0 Å². The minimum atomic E-state index is -3.35. The van der Waals surface area contributed by atoms with E-state index in [1.54, 1.807) is 0 Å². The summed E-state index contributed by atoms with van der Waals surface area (Å²) in [6, 6.07) is 0. The summed E-state index contributed by atoms with van der Waals surface area (Å²) in [6.07, 6.45) is 10.6. The molecule has 21 heavy (non-hydrogen) atoms. The molecule has 0 rings (SSSR count). The number of rotatable bonds is 16. The molecule has 0 aliphatic rings. The van der Waals surface area contributed by atoms with E-state index in [2.05, 4.69) is 20.8 Å². The van der Waals surface area contributed by atoms with Gasteiger partial charge in [0, 0.05) is 0 Å². The van der Waals surface area contributed by atoms with Crippen LogP contribution in [-0.2, 0) is 18.1 Å². The zero-order valence-electron chi connectivity index (χ0n) is 14.3. The molecule has 4 nitrogen and oxygen atoms in total. The molecule has 0 aliphatic heterocycles. The first kappa shape index (κ1) is 21.1. The molecule has 0 amide bonds. The Labute approximate surface area is 131 Å². The van der Waals surface area contributed by atoms with Gasteiger partial charge in [0.15, 0.2) is 0 Å². The van der Waals surface area contributed by atoms with Crippen LogP contribution in [0.1, 0.15) is 85.0 Å². The van der Waals surface area contributed by atoms with Gasteiger partial charge in [-0.2, -0.15) is 0 Å². The molecule has 0 N–H and O–H groups in total. The first-order chi connectivity index (χ1) is 10.2. The van der Waals surface area contributed by atoms with Crippen LogP contribution in [-0.4, -0.2) is 19.8 Å². The summed E-state index contributed by atoms with van der Waals surface area (Å²) in [5, 5.41) is 0. The highest BCUT2D eigenvalue weighted by atomic mass is 31.2. The van der Waals surface area contributed by atoms with Gasteiger partial charge in [0.05, 0.1) is 19.8 Å². The monoisotopic (exact) mass is 322 g/mol. The summed E-state index contributed by atoms with van der Waals surface area (Å²) in [4.78, 5) is 0. The maximum absolute atomic E-state index is 12.5. The van der Waals surface area contributed by atoms with Crippen LogP contribution in [0, 0.1) is 0 Å². The van der Waals surface area contributed by atoms with Crippen molar-refractivity contribution in [2.45, 2.75) is 85.0 Å². The van der Waals surface area contributed by atoms with Crippen LogP contribution in [0.25, 0.3) is 0 Å². The van der Waals surface area contributed by atoms with Gasteiger partial charge in [0.1, 0.15) is 0 Å². The van der Waals surface area contributed by atoms with Crippen LogP contribution >= 0.6 is 7.82 Å². The molecule has 0 saturated heterocycles. The standard InChI is InChI=1S/C16H35O4P/c1-4-7-10-13-16-20-21(17,18-14-11-8-5-2)19-15-12-9-6-3/h4-16H2,1-3H3. The van der Waals surface area contributed by atoms with Crippen LogP contribution in [0.4, 0.5) is 0 Å². The van der Waals surface area contributed by atoms with E-state index in [0.29, 0.717) is 19.8 Å². The third kappa shape index (κ3) is 13.5.